The average molecular weight is 357 g/mol. The van der Waals surface area contributed by atoms with Crippen LogP contribution < -0.4 is 10.2 Å². The van der Waals surface area contributed by atoms with Crippen LogP contribution in [0.1, 0.15) is 41.3 Å². The van der Waals surface area contributed by atoms with E-state index >= 15 is 0 Å². The number of hydrogen-bond acceptors (Lipinski definition) is 6. The van der Waals surface area contributed by atoms with Gasteiger partial charge in [-0.25, -0.2) is 9.97 Å². The van der Waals surface area contributed by atoms with Gasteiger partial charge in [0.2, 0.25) is 5.95 Å². The summed E-state index contributed by atoms with van der Waals surface area (Å²) in [5, 5.41) is 2.90. The Morgan fingerprint density at radius 3 is 2.69 bits per heavy atom. The molecule has 1 aliphatic heterocycles. The summed E-state index contributed by atoms with van der Waals surface area (Å²) in [6, 6.07) is 5.07. The number of rotatable bonds is 5. The summed E-state index contributed by atoms with van der Waals surface area (Å²) in [6.45, 7) is 6.26. The number of anilines is 1. The maximum absolute atomic E-state index is 12.3. The number of furan rings is 1. The third kappa shape index (κ3) is 4.01. The molecule has 2 aromatic heterocycles. The monoisotopic (exact) mass is 357 g/mol. The predicted molar refractivity (Wildman–Crippen MR) is 96.1 cm³/mol. The van der Waals surface area contributed by atoms with E-state index in [1.54, 1.807) is 29.3 Å². The van der Waals surface area contributed by atoms with Crippen LogP contribution in [0.2, 0.25) is 0 Å². The first kappa shape index (κ1) is 17.9. The number of aromatic nitrogens is 2. The number of carbonyl (C=O) groups excluding carboxylic acids is 2. The predicted octanol–water partition coefficient (Wildman–Crippen LogP) is 1.56. The van der Waals surface area contributed by atoms with E-state index in [1.165, 1.54) is 6.26 Å². The topological polar surface area (TPSA) is 91.6 Å². The molecule has 3 heterocycles. The van der Waals surface area contributed by atoms with Crippen LogP contribution in [0.3, 0.4) is 0 Å². The fraction of sp³-hybridized carbons (Fsp3) is 0.444. The smallest absolute Gasteiger partial charge is 0.289 e. The number of carbonyl (C=O) groups is 2. The zero-order chi connectivity index (χ0) is 18.5. The Balaban J connectivity index is 1.62. The van der Waals surface area contributed by atoms with Gasteiger partial charge in [0.1, 0.15) is 5.69 Å². The Morgan fingerprint density at radius 2 is 2.04 bits per heavy atom. The number of amides is 2. The largest absolute Gasteiger partial charge is 0.459 e. The summed E-state index contributed by atoms with van der Waals surface area (Å²) in [6.07, 6.45) is 3.94. The normalized spacial score (nSPS) is 15.6. The second-order valence-electron chi connectivity index (χ2n) is 6.28. The van der Waals surface area contributed by atoms with Crippen molar-refractivity contribution in [2.24, 2.45) is 0 Å². The van der Waals surface area contributed by atoms with Gasteiger partial charge in [0.25, 0.3) is 11.8 Å². The molecule has 0 saturated carbocycles. The molecule has 1 atom stereocenters. The fourth-order valence-electron chi connectivity index (χ4n) is 2.69. The number of nitrogens with one attached hydrogen (secondary N) is 1. The summed E-state index contributed by atoms with van der Waals surface area (Å²) >= 11 is 0. The minimum Gasteiger partial charge on any atom is -0.459 e. The maximum Gasteiger partial charge on any atom is 0.289 e. The van der Waals surface area contributed by atoms with Gasteiger partial charge < -0.3 is 19.5 Å². The molecule has 138 valence electrons. The lowest BCUT2D eigenvalue weighted by atomic mass is 10.2. The van der Waals surface area contributed by atoms with E-state index in [0.29, 0.717) is 43.6 Å². The number of hydrogen-bond donors (Lipinski definition) is 1. The van der Waals surface area contributed by atoms with Crippen molar-refractivity contribution >= 4 is 17.8 Å². The van der Waals surface area contributed by atoms with Crippen LogP contribution in [0, 0.1) is 0 Å². The first-order valence-electron chi connectivity index (χ1n) is 8.80. The molecule has 1 unspecified atom stereocenters. The van der Waals surface area contributed by atoms with Crippen LogP contribution in [-0.2, 0) is 0 Å². The summed E-state index contributed by atoms with van der Waals surface area (Å²) in [7, 11) is 0. The van der Waals surface area contributed by atoms with Crippen LogP contribution in [0.15, 0.2) is 35.1 Å². The van der Waals surface area contributed by atoms with Gasteiger partial charge in [-0.2, -0.15) is 0 Å². The molecule has 0 aromatic carbocycles. The lowest BCUT2D eigenvalue weighted by molar-refractivity contribution is 0.0714. The van der Waals surface area contributed by atoms with Gasteiger partial charge in [-0.05, 0) is 31.5 Å². The first-order valence-corrected chi connectivity index (χ1v) is 8.80. The van der Waals surface area contributed by atoms with E-state index in [9.17, 15) is 9.59 Å². The average Bonchev–Trinajstić information content (AvgIpc) is 3.22. The van der Waals surface area contributed by atoms with E-state index in [2.05, 4.69) is 15.3 Å². The van der Waals surface area contributed by atoms with Crippen molar-refractivity contribution in [2.45, 2.75) is 26.3 Å². The molecule has 1 N–H and O–H groups in total. The number of piperazine rings is 1. The van der Waals surface area contributed by atoms with Gasteiger partial charge >= 0.3 is 0 Å². The first-order chi connectivity index (χ1) is 12.6. The Bertz CT molecular complexity index is 754. The molecule has 26 heavy (non-hydrogen) atoms. The molecule has 2 amide bonds. The van der Waals surface area contributed by atoms with Crippen molar-refractivity contribution in [3.05, 3.63) is 42.1 Å². The van der Waals surface area contributed by atoms with Gasteiger partial charge in [0.15, 0.2) is 5.76 Å². The molecule has 0 spiro atoms. The molecule has 1 fully saturated rings. The highest BCUT2D eigenvalue weighted by molar-refractivity contribution is 5.92. The molecular formula is C18H23N5O3. The van der Waals surface area contributed by atoms with Gasteiger partial charge in [0, 0.05) is 38.4 Å². The second kappa shape index (κ2) is 7.99. The van der Waals surface area contributed by atoms with E-state index in [-0.39, 0.29) is 17.9 Å². The van der Waals surface area contributed by atoms with Crippen LogP contribution in [-0.4, -0.2) is 58.9 Å². The van der Waals surface area contributed by atoms with Crippen LogP contribution >= 0.6 is 0 Å². The van der Waals surface area contributed by atoms with Gasteiger partial charge in [-0.15, -0.1) is 0 Å². The summed E-state index contributed by atoms with van der Waals surface area (Å²) in [4.78, 5) is 36.9. The van der Waals surface area contributed by atoms with Gasteiger partial charge in [-0.1, -0.05) is 6.92 Å². The Kier molecular flexibility index (Phi) is 5.50. The van der Waals surface area contributed by atoms with Crippen LogP contribution in [0.4, 0.5) is 5.95 Å². The zero-order valence-corrected chi connectivity index (χ0v) is 15.0. The second-order valence-corrected chi connectivity index (χ2v) is 6.28. The fourth-order valence-corrected chi connectivity index (χ4v) is 2.69. The van der Waals surface area contributed by atoms with Crippen molar-refractivity contribution in [3.63, 3.8) is 0 Å². The number of nitrogens with zero attached hydrogens (tertiary/aromatic N) is 4. The van der Waals surface area contributed by atoms with E-state index in [4.69, 9.17) is 4.42 Å². The van der Waals surface area contributed by atoms with Gasteiger partial charge in [0.05, 0.1) is 6.26 Å². The minimum atomic E-state index is -0.199. The molecule has 0 radical (unpaired) electrons. The highest BCUT2D eigenvalue weighted by Gasteiger charge is 2.25. The molecule has 0 aliphatic carbocycles. The van der Waals surface area contributed by atoms with Crippen LogP contribution in [0.5, 0.6) is 0 Å². The van der Waals surface area contributed by atoms with Crippen LogP contribution in [0.25, 0.3) is 0 Å². The van der Waals surface area contributed by atoms with Crippen molar-refractivity contribution in [3.8, 4) is 0 Å². The summed E-state index contributed by atoms with van der Waals surface area (Å²) in [5.74, 6) is 0.539. The summed E-state index contributed by atoms with van der Waals surface area (Å²) in [5.41, 5.74) is 0.351. The molecule has 0 bridgehead atoms. The molecule has 8 nitrogen and oxygen atoms in total. The zero-order valence-electron chi connectivity index (χ0n) is 15.0. The highest BCUT2D eigenvalue weighted by Crippen LogP contribution is 2.14. The molecule has 2 aromatic rings. The van der Waals surface area contributed by atoms with Crippen molar-refractivity contribution < 1.29 is 14.0 Å². The van der Waals surface area contributed by atoms with Gasteiger partial charge in [-0.3, -0.25) is 9.59 Å². The third-order valence-corrected chi connectivity index (χ3v) is 4.45. The van der Waals surface area contributed by atoms with Crippen molar-refractivity contribution in [1.82, 2.24) is 20.2 Å². The lowest BCUT2D eigenvalue weighted by Gasteiger charge is -2.34. The standard InChI is InChI=1S/C18H23N5O3/c1-3-13(2)20-16(24)14-6-7-19-18(21-14)23-10-8-22(9-11-23)17(25)15-5-4-12-26-15/h4-7,12-13H,3,8-11H2,1-2H3,(H,20,24). The Hall–Kier alpha value is -2.90. The quantitative estimate of drug-likeness (QED) is 0.873. The minimum absolute atomic E-state index is 0.0945. The highest BCUT2D eigenvalue weighted by atomic mass is 16.3. The molecular weight excluding hydrogens is 334 g/mol. The van der Waals surface area contributed by atoms with E-state index < -0.39 is 0 Å². The maximum atomic E-state index is 12.3. The lowest BCUT2D eigenvalue weighted by Crippen LogP contribution is -2.49. The van der Waals surface area contributed by atoms with E-state index in [1.807, 2.05) is 18.7 Å². The SMILES string of the molecule is CCC(C)NC(=O)c1ccnc(N2CCN(C(=O)c3ccco3)CC2)n1. The Morgan fingerprint density at radius 1 is 1.27 bits per heavy atom. The van der Waals surface area contributed by atoms with E-state index in [0.717, 1.165) is 6.42 Å². The van der Waals surface area contributed by atoms with Crippen molar-refractivity contribution in [1.29, 1.82) is 0 Å². The summed E-state index contributed by atoms with van der Waals surface area (Å²) < 4.78 is 5.17. The van der Waals surface area contributed by atoms with Crippen molar-refractivity contribution in [2.75, 3.05) is 31.1 Å². The molecule has 8 heteroatoms. The Labute approximate surface area is 152 Å². The molecule has 1 aliphatic rings. The third-order valence-electron chi connectivity index (χ3n) is 4.45. The molecule has 1 saturated heterocycles. The molecule has 3 rings (SSSR count).